The van der Waals surface area contributed by atoms with Gasteiger partial charge in [-0.05, 0) is 0 Å². The van der Waals surface area contributed by atoms with E-state index >= 15 is 0 Å². The van der Waals surface area contributed by atoms with E-state index in [1.807, 2.05) is 0 Å². The molecule has 0 fully saturated rings. The Bertz CT molecular complexity index is 156. The fourth-order valence-corrected chi connectivity index (χ4v) is 0.393. The van der Waals surface area contributed by atoms with Crippen LogP contribution in [-0.4, -0.2) is 27.6 Å². The maximum absolute atomic E-state index is 9.99. The Labute approximate surface area is 47.6 Å². The maximum atomic E-state index is 9.99. The van der Waals surface area contributed by atoms with Gasteiger partial charge in [0.2, 0.25) is 6.29 Å². The Kier molecular flexibility index (Phi) is 2.64. The van der Waals surface area contributed by atoms with Crippen LogP contribution in [0.1, 0.15) is 0 Å². The molecule has 0 saturated heterocycles. The minimum Gasteiger partial charge on any atom is -0.288 e. The summed E-state index contributed by atoms with van der Waals surface area (Å²) < 4.78 is 23.9. The summed E-state index contributed by atoms with van der Waals surface area (Å²) in [5, 5.41) is 0. The van der Waals surface area contributed by atoms with Crippen molar-refractivity contribution in [3.63, 3.8) is 0 Å². The quantitative estimate of drug-likeness (QED) is 0.471. The first-order valence-electron chi connectivity index (χ1n) is 1.75. The van der Waals surface area contributed by atoms with Gasteiger partial charge in [0, 0.05) is 0 Å². The van der Waals surface area contributed by atoms with Crippen LogP contribution in [-0.2, 0) is 19.1 Å². The molecule has 0 aliphatic carbocycles. The number of hydrogen-bond acceptors (Lipinski definition) is 4. The summed E-state index contributed by atoms with van der Waals surface area (Å²) in [7, 11) is -3.45. The van der Waals surface area contributed by atoms with E-state index in [0.29, 0.717) is 0 Å². The molecule has 47 valence electrons. The summed E-state index contributed by atoms with van der Waals surface area (Å²) in [6, 6.07) is 0. The van der Waals surface area contributed by atoms with Gasteiger partial charge >= 0.3 is 0 Å². The lowest BCUT2D eigenvalue weighted by Gasteiger charge is -1.89. The molecule has 0 unspecified atom stereocenters. The first-order chi connectivity index (χ1) is 3.56. The minimum absolute atomic E-state index is 0.515. The molecule has 0 rings (SSSR count). The Morgan fingerprint density at radius 2 is 2.12 bits per heavy atom. The third-order valence-electron chi connectivity index (χ3n) is 0.332. The molecule has 0 aliphatic heterocycles. The van der Waals surface area contributed by atoms with Gasteiger partial charge in [-0.25, -0.2) is 0 Å². The minimum atomic E-state index is -3.45. The van der Waals surface area contributed by atoms with E-state index in [-0.39, 0.29) is 0 Å². The van der Waals surface area contributed by atoms with E-state index in [9.17, 15) is 13.2 Å². The average Bonchev–Trinajstić information content (AvgIpc) is 1.59. The Morgan fingerprint density at radius 1 is 1.62 bits per heavy atom. The molecule has 0 aromatic rings. The van der Waals surface area contributed by atoms with Gasteiger partial charge in [0.15, 0.2) is 0 Å². The zero-order chi connectivity index (χ0) is 6.62. The fraction of sp³-hybridized carbons (Fsp3) is 0.667. The van der Waals surface area contributed by atoms with Crippen LogP contribution in [0.2, 0.25) is 0 Å². The molecular weight excluding hydrogens is 132 g/mol. The maximum Gasteiger partial charge on any atom is 0.264 e. The van der Waals surface area contributed by atoms with Crippen molar-refractivity contribution in [2.75, 3.05) is 12.9 Å². The van der Waals surface area contributed by atoms with Crippen molar-refractivity contribution >= 4 is 16.4 Å². The number of carbonyl (C=O) groups excluding carboxylic acids is 1. The van der Waals surface area contributed by atoms with E-state index in [0.717, 1.165) is 6.26 Å². The third-order valence-corrected chi connectivity index (χ3v) is 0.878. The molecule has 0 amide bonds. The van der Waals surface area contributed by atoms with Gasteiger partial charge in [0.05, 0.1) is 6.26 Å². The zero-order valence-corrected chi connectivity index (χ0v) is 5.06. The first kappa shape index (κ1) is 7.58. The molecule has 0 N–H and O–H groups in total. The molecule has 0 aromatic heterocycles. The van der Waals surface area contributed by atoms with Gasteiger partial charge in [-0.2, -0.15) is 8.42 Å². The monoisotopic (exact) mass is 137 g/mol. The largest absolute Gasteiger partial charge is 0.288 e. The van der Waals surface area contributed by atoms with E-state index in [1.54, 1.807) is 0 Å². The SMILES string of the molecule is CS(=O)(=O)OC[C]=O. The highest BCUT2D eigenvalue weighted by Crippen LogP contribution is 1.81. The van der Waals surface area contributed by atoms with Gasteiger partial charge in [-0.3, -0.25) is 8.98 Å². The summed E-state index contributed by atoms with van der Waals surface area (Å²) in [5.41, 5.74) is 0. The van der Waals surface area contributed by atoms with Crippen molar-refractivity contribution in [3.8, 4) is 0 Å². The lowest BCUT2D eigenvalue weighted by Crippen LogP contribution is -2.04. The molecule has 0 atom stereocenters. The van der Waals surface area contributed by atoms with Crippen molar-refractivity contribution in [2.45, 2.75) is 0 Å². The number of hydrogen-bond donors (Lipinski definition) is 0. The summed E-state index contributed by atoms with van der Waals surface area (Å²) in [6.45, 7) is -0.515. The molecule has 5 heteroatoms. The second kappa shape index (κ2) is 2.78. The van der Waals surface area contributed by atoms with Gasteiger partial charge < -0.3 is 0 Å². The molecule has 4 nitrogen and oxygen atoms in total. The smallest absolute Gasteiger partial charge is 0.264 e. The summed E-state index contributed by atoms with van der Waals surface area (Å²) in [6.07, 6.45) is 2.14. The van der Waals surface area contributed by atoms with Crippen molar-refractivity contribution < 1.29 is 17.4 Å². The van der Waals surface area contributed by atoms with Crippen LogP contribution in [0, 0.1) is 0 Å². The van der Waals surface area contributed by atoms with E-state index in [4.69, 9.17) is 0 Å². The van der Waals surface area contributed by atoms with Gasteiger partial charge in [0.1, 0.15) is 6.61 Å². The predicted octanol–water partition coefficient (Wildman–Crippen LogP) is -0.928. The average molecular weight is 137 g/mol. The van der Waals surface area contributed by atoms with Crippen LogP contribution < -0.4 is 0 Å². The molecule has 0 saturated carbocycles. The molecular formula is C3H5O4S. The topological polar surface area (TPSA) is 60.4 Å². The highest BCUT2D eigenvalue weighted by atomic mass is 32.2. The molecule has 0 bridgehead atoms. The molecule has 0 aliphatic rings. The summed E-state index contributed by atoms with van der Waals surface area (Å²) >= 11 is 0. The van der Waals surface area contributed by atoms with Crippen molar-refractivity contribution in [3.05, 3.63) is 0 Å². The van der Waals surface area contributed by atoms with E-state index in [1.165, 1.54) is 6.29 Å². The van der Waals surface area contributed by atoms with Crippen molar-refractivity contribution in [1.29, 1.82) is 0 Å². The summed E-state index contributed by atoms with van der Waals surface area (Å²) in [4.78, 5) is 9.34. The van der Waals surface area contributed by atoms with Crippen LogP contribution in [0.3, 0.4) is 0 Å². The number of rotatable bonds is 3. The third kappa shape index (κ3) is 5.58. The normalized spacial score (nSPS) is 11.1. The Balaban J connectivity index is 3.57. The van der Waals surface area contributed by atoms with Crippen LogP contribution in [0.15, 0.2) is 0 Å². The standard InChI is InChI=1S/C3H5O4S/c1-8(5,6)7-3-2-4/h3H2,1H3. The van der Waals surface area contributed by atoms with Crippen LogP contribution in [0.25, 0.3) is 0 Å². The van der Waals surface area contributed by atoms with Crippen LogP contribution in [0.5, 0.6) is 0 Å². The van der Waals surface area contributed by atoms with Crippen molar-refractivity contribution in [1.82, 2.24) is 0 Å². The highest BCUT2D eigenvalue weighted by molar-refractivity contribution is 7.86. The predicted molar refractivity (Wildman–Crippen MR) is 26.5 cm³/mol. The fourth-order valence-electron chi connectivity index (χ4n) is 0.131. The zero-order valence-electron chi connectivity index (χ0n) is 4.25. The molecule has 1 radical (unpaired) electrons. The first-order valence-corrected chi connectivity index (χ1v) is 3.57. The van der Waals surface area contributed by atoms with Gasteiger partial charge in [-0.15, -0.1) is 0 Å². The lowest BCUT2D eigenvalue weighted by atomic mass is 10.9. The van der Waals surface area contributed by atoms with E-state index < -0.39 is 16.7 Å². The molecule has 0 spiro atoms. The second-order valence-corrected chi connectivity index (χ2v) is 2.75. The Hall–Kier alpha value is -0.420. The highest BCUT2D eigenvalue weighted by Gasteiger charge is 1.97. The van der Waals surface area contributed by atoms with Crippen LogP contribution >= 0.6 is 0 Å². The van der Waals surface area contributed by atoms with Crippen molar-refractivity contribution in [2.24, 2.45) is 0 Å². The van der Waals surface area contributed by atoms with Gasteiger partial charge in [-0.1, -0.05) is 0 Å². The van der Waals surface area contributed by atoms with Gasteiger partial charge in [0.25, 0.3) is 10.1 Å². The molecule has 0 aromatic carbocycles. The summed E-state index contributed by atoms with van der Waals surface area (Å²) in [5.74, 6) is 0. The van der Waals surface area contributed by atoms with Crippen LogP contribution in [0.4, 0.5) is 0 Å². The molecule has 8 heavy (non-hydrogen) atoms. The van der Waals surface area contributed by atoms with E-state index in [2.05, 4.69) is 4.18 Å². The second-order valence-electron chi connectivity index (χ2n) is 1.11. The Morgan fingerprint density at radius 3 is 2.25 bits per heavy atom. The lowest BCUT2D eigenvalue weighted by molar-refractivity contribution is 0.363. The molecule has 0 heterocycles.